The highest BCUT2D eigenvalue weighted by atomic mass is 79.9. The van der Waals surface area contributed by atoms with Crippen LogP contribution < -0.4 is 15.8 Å². The maximum Gasteiger partial charge on any atom is 0.241 e. The number of likely N-dealkylation sites (N-methyl/N-ethyl adjacent to an activating group) is 1. The number of aryl methyl sites for hydroxylation is 1. The van der Waals surface area contributed by atoms with Crippen LogP contribution in [0, 0.1) is 6.92 Å². The summed E-state index contributed by atoms with van der Waals surface area (Å²) in [4.78, 5) is 11.3. The number of halogens is 1. The number of hydrogen-bond donors (Lipinski definition) is 3. The number of sulfonamides is 1. The molecule has 0 atom stereocenters. The Bertz CT molecular complexity index is 587. The summed E-state index contributed by atoms with van der Waals surface area (Å²) in [5.41, 5.74) is 6.54. The van der Waals surface area contributed by atoms with Crippen LogP contribution in [0.3, 0.4) is 0 Å². The molecule has 1 aromatic rings. The zero-order valence-electron chi connectivity index (χ0n) is 10.7. The fourth-order valence-electron chi connectivity index (χ4n) is 1.46. The molecule has 0 spiro atoms. The van der Waals surface area contributed by atoms with E-state index in [9.17, 15) is 13.2 Å². The minimum absolute atomic E-state index is 0.0671. The average Bonchev–Trinajstić information content (AvgIpc) is 2.31. The molecule has 19 heavy (non-hydrogen) atoms. The summed E-state index contributed by atoms with van der Waals surface area (Å²) in [6.45, 7) is 3.56. The van der Waals surface area contributed by atoms with Crippen LogP contribution >= 0.6 is 15.9 Å². The SMILES string of the molecule is CCNC(=O)CNS(=O)(=O)c1cc(N)c(Br)cc1C. The van der Waals surface area contributed by atoms with Gasteiger partial charge in [0, 0.05) is 16.7 Å². The molecule has 0 saturated heterocycles. The minimum Gasteiger partial charge on any atom is -0.398 e. The summed E-state index contributed by atoms with van der Waals surface area (Å²) in [6.07, 6.45) is 0. The largest absolute Gasteiger partial charge is 0.398 e. The van der Waals surface area contributed by atoms with Crippen LogP contribution in [0.4, 0.5) is 5.69 Å². The molecule has 1 amide bonds. The van der Waals surface area contributed by atoms with Crippen LogP contribution in [0.5, 0.6) is 0 Å². The number of carbonyl (C=O) groups is 1. The van der Waals surface area contributed by atoms with Gasteiger partial charge in [-0.2, -0.15) is 0 Å². The van der Waals surface area contributed by atoms with Crippen molar-refractivity contribution in [3.63, 3.8) is 0 Å². The number of nitrogen functional groups attached to an aromatic ring is 1. The quantitative estimate of drug-likeness (QED) is 0.682. The molecule has 8 heteroatoms. The first-order valence-corrected chi connectivity index (χ1v) is 7.87. The maximum absolute atomic E-state index is 12.1. The Morgan fingerprint density at radius 3 is 2.63 bits per heavy atom. The molecule has 1 aromatic carbocycles. The first-order chi connectivity index (χ1) is 8.77. The number of rotatable bonds is 5. The van der Waals surface area contributed by atoms with Crippen molar-refractivity contribution >= 4 is 37.5 Å². The number of hydrogen-bond acceptors (Lipinski definition) is 4. The molecule has 6 nitrogen and oxygen atoms in total. The highest BCUT2D eigenvalue weighted by Crippen LogP contribution is 2.26. The second kappa shape index (κ2) is 6.36. The van der Waals surface area contributed by atoms with E-state index >= 15 is 0 Å². The van der Waals surface area contributed by atoms with Crippen LogP contribution in [0.25, 0.3) is 0 Å². The highest BCUT2D eigenvalue weighted by Gasteiger charge is 2.19. The molecule has 106 valence electrons. The molecule has 0 aliphatic heterocycles. The summed E-state index contributed by atoms with van der Waals surface area (Å²) in [6, 6.07) is 2.98. The standard InChI is InChI=1S/C11H16BrN3O3S/c1-3-14-11(16)6-15-19(17,18)10-5-9(13)8(12)4-7(10)2/h4-5,15H,3,6,13H2,1-2H3,(H,14,16). The minimum atomic E-state index is -3.76. The summed E-state index contributed by atoms with van der Waals surface area (Å²) in [5.74, 6) is -0.381. The van der Waals surface area contributed by atoms with E-state index in [1.807, 2.05) is 0 Å². The van der Waals surface area contributed by atoms with Gasteiger partial charge in [0.25, 0.3) is 0 Å². The van der Waals surface area contributed by atoms with Crippen molar-refractivity contribution in [2.24, 2.45) is 0 Å². The van der Waals surface area contributed by atoms with Crippen molar-refractivity contribution in [2.75, 3.05) is 18.8 Å². The van der Waals surface area contributed by atoms with Gasteiger partial charge in [0.05, 0.1) is 11.4 Å². The van der Waals surface area contributed by atoms with Gasteiger partial charge in [-0.25, -0.2) is 13.1 Å². The smallest absolute Gasteiger partial charge is 0.241 e. The third kappa shape index (κ3) is 4.19. The molecule has 0 aromatic heterocycles. The predicted octanol–water partition coefficient (Wildman–Crippen LogP) is 0.754. The van der Waals surface area contributed by atoms with Gasteiger partial charge in [0.2, 0.25) is 15.9 Å². The molecule has 0 heterocycles. The predicted molar refractivity (Wildman–Crippen MR) is 77.2 cm³/mol. The van der Waals surface area contributed by atoms with E-state index in [1.165, 1.54) is 6.07 Å². The van der Waals surface area contributed by atoms with Crippen molar-refractivity contribution < 1.29 is 13.2 Å². The Kier molecular flexibility index (Phi) is 5.33. The summed E-state index contributed by atoms with van der Waals surface area (Å²) in [5, 5.41) is 2.51. The lowest BCUT2D eigenvalue weighted by atomic mass is 10.2. The molecule has 0 aliphatic carbocycles. The molecule has 0 fully saturated rings. The van der Waals surface area contributed by atoms with Crippen LogP contribution in [-0.4, -0.2) is 27.4 Å². The Hall–Kier alpha value is -1.12. The van der Waals surface area contributed by atoms with Gasteiger partial charge < -0.3 is 11.1 Å². The van der Waals surface area contributed by atoms with Crippen LogP contribution in [-0.2, 0) is 14.8 Å². The molecule has 0 bridgehead atoms. The third-order valence-corrected chi connectivity index (χ3v) is 4.61. The Morgan fingerprint density at radius 1 is 1.42 bits per heavy atom. The Balaban J connectivity index is 2.95. The van der Waals surface area contributed by atoms with E-state index in [2.05, 4.69) is 26.0 Å². The van der Waals surface area contributed by atoms with E-state index in [1.54, 1.807) is 19.9 Å². The second-order valence-corrected chi connectivity index (χ2v) is 6.51. The number of nitrogens with one attached hydrogen (secondary N) is 2. The van der Waals surface area contributed by atoms with E-state index in [-0.39, 0.29) is 17.3 Å². The van der Waals surface area contributed by atoms with E-state index < -0.39 is 10.0 Å². The van der Waals surface area contributed by atoms with Gasteiger partial charge >= 0.3 is 0 Å². The first kappa shape index (κ1) is 15.9. The van der Waals surface area contributed by atoms with Gasteiger partial charge in [-0.3, -0.25) is 4.79 Å². The third-order valence-electron chi connectivity index (χ3n) is 2.38. The number of benzene rings is 1. The zero-order valence-corrected chi connectivity index (χ0v) is 13.1. The van der Waals surface area contributed by atoms with Crippen molar-refractivity contribution in [3.8, 4) is 0 Å². The first-order valence-electron chi connectivity index (χ1n) is 5.60. The molecule has 0 aliphatic rings. The molecule has 0 radical (unpaired) electrons. The topological polar surface area (TPSA) is 101 Å². The molecule has 1 rings (SSSR count). The Morgan fingerprint density at radius 2 is 2.05 bits per heavy atom. The number of anilines is 1. The molecule has 4 N–H and O–H groups in total. The van der Waals surface area contributed by atoms with Crippen LogP contribution in [0.2, 0.25) is 0 Å². The summed E-state index contributed by atoms with van der Waals surface area (Å²) >= 11 is 3.23. The van der Waals surface area contributed by atoms with Gasteiger partial charge in [-0.15, -0.1) is 0 Å². The average molecular weight is 350 g/mol. The van der Waals surface area contributed by atoms with Crippen LogP contribution in [0.1, 0.15) is 12.5 Å². The lowest BCUT2D eigenvalue weighted by Gasteiger charge is -2.11. The summed E-state index contributed by atoms with van der Waals surface area (Å²) in [7, 11) is -3.76. The maximum atomic E-state index is 12.1. The lowest BCUT2D eigenvalue weighted by molar-refractivity contribution is -0.119. The fraction of sp³-hybridized carbons (Fsp3) is 0.364. The van der Waals surface area contributed by atoms with E-state index in [4.69, 9.17) is 5.73 Å². The van der Waals surface area contributed by atoms with Crippen molar-refractivity contribution in [3.05, 3.63) is 22.2 Å². The lowest BCUT2D eigenvalue weighted by Crippen LogP contribution is -2.37. The van der Waals surface area contributed by atoms with Gasteiger partial charge in [0.15, 0.2) is 0 Å². The van der Waals surface area contributed by atoms with Crippen molar-refractivity contribution in [1.29, 1.82) is 0 Å². The van der Waals surface area contributed by atoms with Crippen molar-refractivity contribution in [2.45, 2.75) is 18.7 Å². The van der Waals surface area contributed by atoms with Crippen molar-refractivity contribution in [1.82, 2.24) is 10.0 Å². The molecule has 0 unspecified atom stereocenters. The number of carbonyl (C=O) groups excluding carboxylic acids is 1. The van der Waals surface area contributed by atoms with Gasteiger partial charge in [-0.05, 0) is 47.5 Å². The molecular weight excluding hydrogens is 334 g/mol. The fourth-order valence-corrected chi connectivity index (χ4v) is 3.16. The zero-order chi connectivity index (χ0) is 14.6. The van der Waals surface area contributed by atoms with Gasteiger partial charge in [-0.1, -0.05) is 0 Å². The summed E-state index contributed by atoms with van der Waals surface area (Å²) < 4.78 is 27.0. The number of nitrogens with two attached hydrogens (primary N) is 1. The van der Waals surface area contributed by atoms with Gasteiger partial charge in [0.1, 0.15) is 0 Å². The van der Waals surface area contributed by atoms with E-state index in [0.717, 1.165) is 0 Å². The normalized spacial score (nSPS) is 11.3. The molecule has 0 saturated carbocycles. The highest BCUT2D eigenvalue weighted by molar-refractivity contribution is 9.10. The van der Waals surface area contributed by atoms with Crippen LogP contribution in [0.15, 0.2) is 21.5 Å². The molecular formula is C11H16BrN3O3S. The monoisotopic (exact) mass is 349 g/mol. The van der Waals surface area contributed by atoms with E-state index in [0.29, 0.717) is 22.3 Å². The number of amides is 1. The Labute approximate surface area is 120 Å². The second-order valence-electron chi connectivity index (χ2n) is 3.92.